The van der Waals surface area contributed by atoms with Gasteiger partial charge in [0.05, 0.1) is 17.7 Å². The van der Waals surface area contributed by atoms with Crippen molar-refractivity contribution in [3.63, 3.8) is 0 Å². The molecule has 2 aromatic rings. The maximum Gasteiger partial charge on any atom is 0.295 e. The molecule has 0 unspecified atom stereocenters. The normalized spacial score (nSPS) is 24.1. The number of rotatable bonds is 4. The van der Waals surface area contributed by atoms with E-state index in [0.29, 0.717) is 23.7 Å². The summed E-state index contributed by atoms with van der Waals surface area (Å²) in [5, 5.41) is 11.4. The Morgan fingerprint density at radius 2 is 1.82 bits per heavy atom. The van der Waals surface area contributed by atoms with Crippen LogP contribution in [0, 0.1) is 0 Å². The Balaban J connectivity index is 1.80. The minimum atomic E-state index is -0.681. The van der Waals surface area contributed by atoms with E-state index in [4.69, 9.17) is 16.3 Å². The van der Waals surface area contributed by atoms with Crippen LogP contribution in [-0.2, 0) is 14.3 Å². The van der Waals surface area contributed by atoms with E-state index < -0.39 is 17.7 Å². The highest BCUT2D eigenvalue weighted by Crippen LogP contribution is 2.40. The first-order chi connectivity index (χ1) is 13.6. The Labute approximate surface area is 168 Å². The number of benzene rings is 2. The molecule has 144 valence electrons. The fourth-order valence-corrected chi connectivity index (χ4v) is 3.95. The molecule has 2 aliphatic rings. The lowest BCUT2D eigenvalue weighted by Crippen LogP contribution is -2.36. The average molecular weight is 398 g/mol. The standard InChI is InChI=1S/C22H20ClNO4/c23-16-10-8-15(9-11-16)20(25)18-19(14-5-2-1-3-6-14)24(22(27)21(18)26)13-17-7-4-12-28-17/h1-3,5-6,8-11,17,19,25H,4,7,12-13H2/b20-18+/t17-,19-/m0/s1. The summed E-state index contributed by atoms with van der Waals surface area (Å²) in [6.45, 7) is 0.983. The number of carbonyl (C=O) groups excluding carboxylic acids is 2. The molecule has 0 saturated carbocycles. The van der Waals surface area contributed by atoms with Crippen molar-refractivity contribution in [1.82, 2.24) is 4.90 Å². The molecular formula is C22H20ClNO4. The van der Waals surface area contributed by atoms with Crippen LogP contribution in [0.3, 0.4) is 0 Å². The van der Waals surface area contributed by atoms with Crippen molar-refractivity contribution >= 4 is 29.1 Å². The quantitative estimate of drug-likeness (QED) is 0.482. The van der Waals surface area contributed by atoms with E-state index in [9.17, 15) is 14.7 Å². The number of hydrogen-bond donors (Lipinski definition) is 1. The number of ketones is 1. The molecule has 4 rings (SSSR count). The number of halogens is 1. The molecule has 2 aromatic carbocycles. The van der Waals surface area contributed by atoms with E-state index in [0.717, 1.165) is 18.4 Å². The van der Waals surface area contributed by atoms with E-state index >= 15 is 0 Å². The number of amides is 1. The summed E-state index contributed by atoms with van der Waals surface area (Å²) in [6.07, 6.45) is 1.69. The van der Waals surface area contributed by atoms with Gasteiger partial charge in [-0.2, -0.15) is 0 Å². The number of likely N-dealkylation sites (tertiary alicyclic amines) is 1. The first-order valence-electron chi connectivity index (χ1n) is 9.27. The first-order valence-corrected chi connectivity index (χ1v) is 9.65. The third-order valence-corrected chi connectivity index (χ3v) is 5.45. The van der Waals surface area contributed by atoms with Crippen LogP contribution >= 0.6 is 11.6 Å². The van der Waals surface area contributed by atoms with Gasteiger partial charge in [-0.25, -0.2) is 0 Å². The lowest BCUT2D eigenvalue weighted by molar-refractivity contribution is -0.140. The molecule has 5 nitrogen and oxygen atoms in total. The van der Waals surface area contributed by atoms with Gasteiger partial charge in [0.1, 0.15) is 5.76 Å². The lowest BCUT2D eigenvalue weighted by Gasteiger charge is -2.27. The van der Waals surface area contributed by atoms with Crippen LogP contribution < -0.4 is 0 Å². The number of hydrogen-bond acceptors (Lipinski definition) is 4. The molecule has 0 bridgehead atoms. The van der Waals surface area contributed by atoms with Crippen LogP contribution in [0.5, 0.6) is 0 Å². The Hall–Kier alpha value is -2.63. The summed E-state index contributed by atoms with van der Waals surface area (Å²) in [4.78, 5) is 27.2. The van der Waals surface area contributed by atoms with E-state index in [-0.39, 0.29) is 17.4 Å². The first kappa shape index (κ1) is 18.7. The highest BCUT2D eigenvalue weighted by molar-refractivity contribution is 6.46. The second kappa shape index (κ2) is 7.78. The van der Waals surface area contributed by atoms with E-state index in [1.54, 1.807) is 24.3 Å². The molecule has 0 aromatic heterocycles. The van der Waals surface area contributed by atoms with Gasteiger partial charge in [-0.05, 0) is 42.7 Å². The zero-order valence-corrected chi connectivity index (χ0v) is 15.9. The van der Waals surface area contributed by atoms with Crippen LogP contribution in [0.15, 0.2) is 60.2 Å². The molecule has 2 heterocycles. The molecule has 0 aliphatic carbocycles. The predicted molar refractivity (Wildman–Crippen MR) is 106 cm³/mol. The molecule has 1 N–H and O–H groups in total. The molecule has 2 atom stereocenters. The zero-order chi connectivity index (χ0) is 19.7. The molecule has 2 fully saturated rings. The number of Topliss-reactive ketones (excluding diaryl/α,β-unsaturated/α-hetero) is 1. The lowest BCUT2D eigenvalue weighted by atomic mass is 9.95. The maximum atomic E-state index is 12.9. The van der Waals surface area contributed by atoms with Gasteiger partial charge in [0, 0.05) is 23.7 Å². The van der Waals surface area contributed by atoms with Gasteiger partial charge >= 0.3 is 0 Å². The van der Waals surface area contributed by atoms with Crippen LogP contribution in [0.2, 0.25) is 5.02 Å². The second-order valence-corrected chi connectivity index (χ2v) is 7.44. The van der Waals surface area contributed by atoms with E-state index in [1.165, 1.54) is 4.90 Å². The fraction of sp³-hybridized carbons (Fsp3) is 0.273. The van der Waals surface area contributed by atoms with E-state index in [1.807, 2.05) is 30.3 Å². The Kier molecular flexibility index (Phi) is 5.20. The van der Waals surface area contributed by atoms with Gasteiger partial charge in [-0.3, -0.25) is 9.59 Å². The van der Waals surface area contributed by atoms with E-state index in [2.05, 4.69) is 0 Å². The largest absolute Gasteiger partial charge is 0.507 e. The molecule has 2 aliphatic heterocycles. The molecule has 0 radical (unpaired) electrons. The van der Waals surface area contributed by atoms with Crippen molar-refractivity contribution in [2.24, 2.45) is 0 Å². The number of carbonyl (C=O) groups is 2. The fourth-order valence-electron chi connectivity index (χ4n) is 3.82. The minimum Gasteiger partial charge on any atom is -0.507 e. The van der Waals surface area contributed by atoms with Crippen LogP contribution in [0.4, 0.5) is 0 Å². The topological polar surface area (TPSA) is 66.8 Å². The van der Waals surface area contributed by atoms with Crippen LogP contribution in [-0.4, -0.2) is 41.0 Å². The molecule has 0 spiro atoms. The number of nitrogens with zero attached hydrogens (tertiary/aromatic N) is 1. The van der Waals surface area contributed by atoms with Gasteiger partial charge in [0.2, 0.25) is 0 Å². The molecule has 2 saturated heterocycles. The zero-order valence-electron chi connectivity index (χ0n) is 15.2. The summed E-state index contributed by atoms with van der Waals surface area (Å²) in [5.41, 5.74) is 1.31. The Morgan fingerprint density at radius 3 is 2.46 bits per heavy atom. The number of aliphatic hydroxyl groups excluding tert-OH is 1. The predicted octanol–water partition coefficient (Wildman–Crippen LogP) is 3.94. The third-order valence-electron chi connectivity index (χ3n) is 5.20. The van der Waals surface area contributed by atoms with Crippen LogP contribution in [0.1, 0.15) is 30.0 Å². The second-order valence-electron chi connectivity index (χ2n) is 7.00. The van der Waals surface area contributed by atoms with Gasteiger partial charge in [-0.15, -0.1) is 0 Å². The van der Waals surface area contributed by atoms with Gasteiger partial charge < -0.3 is 14.7 Å². The Morgan fingerprint density at radius 1 is 1.11 bits per heavy atom. The summed E-state index contributed by atoms with van der Waals surface area (Å²) < 4.78 is 5.68. The smallest absolute Gasteiger partial charge is 0.295 e. The van der Waals surface area contributed by atoms with Gasteiger partial charge in [0.15, 0.2) is 0 Å². The summed E-state index contributed by atoms with van der Waals surface area (Å²) in [5.74, 6) is -1.49. The monoisotopic (exact) mass is 397 g/mol. The van der Waals surface area contributed by atoms with Gasteiger partial charge in [-0.1, -0.05) is 41.9 Å². The Bertz CT molecular complexity index is 917. The number of aliphatic hydroxyl groups is 1. The van der Waals surface area contributed by atoms with Crippen molar-refractivity contribution in [1.29, 1.82) is 0 Å². The molecular weight excluding hydrogens is 378 g/mol. The molecule has 6 heteroatoms. The van der Waals surface area contributed by atoms with Crippen molar-refractivity contribution < 1.29 is 19.4 Å². The van der Waals surface area contributed by atoms with Crippen molar-refractivity contribution in [3.05, 3.63) is 76.3 Å². The maximum absolute atomic E-state index is 12.9. The summed E-state index contributed by atoms with van der Waals surface area (Å²) in [7, 11) is 0. The molecule has 28 heavy (non-hydrogen) atoms. The highest BCUT2D eigenvalue weighted by Gasteiger charge is 2.46. The SMILES string of the molecule is O=C1C(=O)N(C[C@@H]2CCCO2)[C@@H](c2ccccc2)/C1=C(\O)c1ccc(Cl)cc1. The van der Waals surface area contributed by atoms with Crippen LogP contribution in [0.25, 0.3) is 5.76 Å². The third kappa shape index (κ3) is 3.43. The van der Waals surface area contributed by atoms with Crippen molar-refractivity contribution in [2.45, 2.75) is 25.0 Å². The van der Waals surface area contributed by atoms with Crippen molar-refractivity contribution in [2.75, 3.05) is 13.2 Å². The minimum absolute atomic E-state index is 0.0940. The highest BCUT2D eigenvalue weighted by atomic mass is 35.5. The van der Waals surface area contributed by atoms with Gasteiger partial charge in [0.25, 0.3) is 11.7 Å². The summed E-state index contributed by atoms with van der Waals surface area (Å²) in [6, 6.07) is 15.2. The summed E-state index contributed by atoms with van der Waals surface area (Å²) >= 11 is 5.93. The average Bonchev–Trinajstić information content (AvgIpc) is 3.31. The van der Waals surface area contributed by atoms with Crippen molar-refractivity contribution in [3.8, 4) is 0 Å². The number of ether oxygens (including phenoxy) is 1. The molecule has 1 amide bonds.